The Morgan fingerprint density at radius 2 is 2.24 bits per heavy atom. The zero-order valence-corrected chi connectivity index (χ0v) is 9.20. The van der Waals surface area contributed by atoms with Gasteiger partial charge in [-0.2, -0.15) is 0 Å². The average molecular weight is 234 g/mol. The van der Waals surface area contributed by atoms with Crippen LogP contribution in [0.25, 0.3) is 10.9 Å². The van der Waals surface area contributed by atoms with Crippen LogP contribution in [0.1, 0.15) is 5.69 Å². The van der Waals surface area contributed by atoms with Crippen LogP contribution in [0.3, 0.4) is 0 Å². The van der Waals surface area contributed by atoms with Gasteiger partial charge in [-0.15, -0.1) is 0 Å². The summed E-state index contributed by atoms with van der Waals surface area (Å²) in [5.74, 6) is -1.34. The largest absolute Gasteiger partial charge is 0.480 e. The number of carboxylic acid groups (broad SMARTS) is 1. The van der Waals surface area contributed by atoms with Crippen molar-refractivity contribution in [1.82, 2.24) is 4.98 Å². The number of carboxylic acids is 1. The molecule has 2 rings (SSSR count). The summed E-state index contributed by atoms with van der Waals surface area (Å²) in [6.07, 6.45) is 0. The number of aliphatic carboxylic acids is 1. The highest BCUT2D eigenvalue weighted by Crippen LogP contribution is 2.23. The van der Waals surface area contributed by atoms with E-state index in [9.17, 15) is 9.18 Å². The third kappa shape index (κ3) is 2.50. The topological polar surface area (TPSA) is 62.2 Å². The summed E-state index contributed by atoms with van der Waals surface area (Å²) in [5, 5.41) is 11.9. The average Bonchev–Trinajstić information content (AvgIpc) is 2.26. The number of carbonyl (C=O) groups is 1. The first-order valence-electron chi connectivity index (χ1n) is 5.09. The Labute approximate surface area is 97.1 Å². The third-order valence-corrected chi connectivity index (χ3v) is 2.33. The molecule has 0 bridgehead atoms. The molecule has 0 amide bonds. The Kier molecular flexibility index (Phi) is 2.91. The van der Waals surface area contributed by atoms with E-state index in [4.69, 9.17) is 5.11 Å². The number of nitrogens with one attached hydrogen (secondary N) is 1. The first kappa shape index (κ1) is 11.3. The van der Waals surface area contributed by atoms with Crippen LogP contribution in [0.4, 0.5) is 10.1 Å². The fraction of sp³-hybridized carbons (Fsp3) is 0.167. The molecule has 0 unspecified atom stereocenters. The number of anilines is 1. The highest BCUT2D eigenvalue weighted by Gasteiger charge is 2.06. The summed E-state index contributed by atoms with van der Waals surface area (Å²) in [6, 6.07) is 5.94. The van der Waals surface area contributed by atoms with Gasteiger partial charge in [0.2, 0.25) is 0 Å². The molecule has 1 aromatic heterocycles. The molecule has 1 heterocycles. The zero-order chi connectivity index (χ0) is 12.4. The van der Waals surface area contributed by atoms with Crippen LogP contribution < -0.4 is 5.32 Å². The zero-order valence-electron chi connectivity index (χ0n) is 9.20. The molecule has 0 spiro atoms. The molecule has 0 aliphatic rings. The lowest BCUT2D eigenvalue weighted by Gasteiger charge is -2.09. The van der Waals surface area contributed by atoms with E-state index >= 15 is 0 Å². The smallest absolute Gasteiger partial charge is 0.322 e. The van der Waals surface area contributed by atoms with Gasteiger partial charge in [-0.1, -0.05) is 0 Å². The number of hydrogen-bond donors (Lipinski definition) is 2. The SMILES string of the molecule is Cc1cc(NCC(=O)O)c2cc(F)ccc2n1. The van der Waals surface area contributed by atoms with Crippen molar-refractivity contribution in [2.45, 2.75) is 6.92 Å². The van der Waals surface area contributed by atoms with Crippen molar-refractivity contribution in [3.63, 3.8) is 0 Å². The fourth-order valence-corrected chi connectivity index (χ4v) is 1.65. The van der Waals surface area contributed by atoms with E-state index < -0.39 is 5.97 Å². The summed E-state index contributed by atoms with van der Waals surface area (Å²) < 4.78 is 13.1. The molecule has 17 heavy (non-hydrogen) atoms. The maximum absolute atomic E-state index is 13.1. The van der Waals surface area contributed by atoms with E-state index in [0.29, 0.717) is 16.6 Å². The van der Waals surface area contributed by atoms with Crippen molar-refractivity contribution in [1.29, 1.82) is 0 Å². The van der Waals surface area contributed by atoms with Crippen LogP contribution in [0.15, 0.2) is 24.3 Å². The Hall–Kier alpha value is -2.17. The molecule has 0 aliphatic heterocycles. The minimum atomic E-state index is -0.969. The molecule has 5 heteroatoms. The number of rotatable bonds is 3. The Morgan fingerprint density at radius 3 is 2.94 bits per heavy atom. The number of fused-ring (bicyclic) bond motifs is 1. The second-order valence-corrected chi connectivity index (χ2v) is 3.72. The first-order chi connectivity index (χ1) is 8.06. The normalized spacial score (nSPS) is 10.5. The quantitative estimate of drug-likeness (QED) is 0.854. The number of pyridine rings is 1. The number of benzene rings is 1. The van der Waals surface area contributed by atoms with E-state index in [0.717, 1.165) is 5.69 Å². The van der Waals surface area contributed by atoms with Gasteiger partial charge < -0.3 is 10.4 Å². The molecule has 0 atom stereocenters. The number of hydrogen-bond acceptors (Lipinski definition) is 3. The second-order valence-electron chi connectivity index (χ2n) is 3.72. The van der Waals surface area contributed by atoms with Crippen molar-refractivity contribution >= 4 is 22.6 Å². The molecule has 1 aromatic carbocycles. The Morgan fingerprint density at radius 1 is 1.47 bits per heavy atom. The summed E-state index contributed by atoms with van der Waals surface area (Å²) in [7, 11) is 0. The van der Waals surface area contributed by atoms with Crippen molar-refractivity contribution in [2.75, 3.05) is 11.9 Å². The predicted octanol–water partition coefficient (Wildman–Crippen LogP) is 2.18. The van der Waals surface area contributed by atoms with E-state index in [2.05, 4.69) is 10.3 Å². The summed E-state index contributed by atoms with van der Waals surface area (Å²) in [4.78, 5) is 14.8. The van der Waals surface area contributed by atoms with E-state index in [-0.39, 0.29) is 12.4 Å². The molecule has 0 aliphatic carbocycles. The molecule has 4 nitrogen and oxygen atoms in total. The summed E-state index contributed by atoms with van der Waals surface area (Å²) in [6.45, 7) is 1.59. The van der Waals surface area contributed by atoms with Gasteiger partial charge in [-0.3, -0.25) is 9.78 Å². The summed E-state index contributed by atoms with van der Waals surface area (Å²) in [5.41, 5.74) is 1.96. The fourth-order valence-electron chi connectivity index (χ4n) is 1.65. The van der Waals surface area contributed by atoms with Gasteiger partial charge >= 0.3 is 5.97 Å². The monoisotopic (exact) mass is 234 g/mol. The van der Waals surface area contributed by atoms with Gasteiger partial charge in [-0.05, 0) is 31.2 Å². The molecular formula is C12H11FN2O2. The minimum absolute atomic E-state index is 0.213. The number of nitrogens with zero attached hydrogens (tertiary/aromatic N) is 1. The second kappa shape index (κ2) is 4.37. The lowest BCUT2D eigenvalue weighted by atomic mass is 10.1. The van der Waals surface area contributed by atoms with Crippen LogP contribution in [0, 0.1) is 12.7 Å². The van der Waals surface area contributed by atoms with Gasteiger partial charge in [0.15, 0.2) is 0 Å². The maximum Gasteiger partial charge on any atom is 0.322 e. The first-order valence-corrected chi connectivity index (χ1v) is 5.09. The van der Waals surface area contributed by atoms with Crippen LogP contribution in [0.5, 0.6) is 0 Å². The van der Waals surface area contributed by atoms with Gasteiger partial charge in [-0.25, -0.2) is 4.39 Å². The highest BCUT2D eigenvalue weighted by atomic mass is 19.1. The van der Waals surface area contributed by atoms with E-state index in [1.807, 2.05) is 0 Å². The van der Waals surface area contributed by atoms with Crippen LogP contribution in [0.2, 0.25) is 0 Å². The van der Waals surface area contributed by atoms with Crippen LogP contribution in [-0.2, 0) is 4.79 Å². The van der Waals surface area contributed by atoms with Gasteiger partial charge in [0.1, 0.15) is 12.4 Å². The van der Waals surface area contributed by atoms with E-state index in [1.54, 1.807) is 19.1 Å². The maximum atomic E-state index is 13.1. The van der Waals surface area contributed by atoms with Gasteiger partial charge in [0.05, 0.1) is 5.52 Å². The number of aromatic nitrogens is 1. The lowest BCUT2D eigenvalue weighted by molar-refractivity contribution is -0.134. The molecular weight excluding hydrogens is 223 g/mol. The molecule has 0 radical (unpaired) electrons. The molecule has 0 saturated carbocycles. The lowest BCUT2D eigenvalue weighted by Crippen LogP contribution is -2.12. The van der Waals surface area contributed by atoms with Gasteiger partial charge in [0, 0.05) is 16.8 Å². The predicted molar refractivity (Wildman–Crippen MR) is 62.6 cm³/mol. The molecule has 88 valence electrons. The van der Waals surface area contributed by atoms with Crippen molar-refractivity contribution < 1.29 is 14.3 Å². The molecule has 0 saturated heterocycles. The van der Waals surface area contributed by atoms with Gasteiger partial charge in [0.25, 0.3) is 0 Å². The number of aryl methyl sites for hydroxylation is 1. The van der Waals surface area contributed by atoms with Crippen molar-refractivity contribution in [2.24, 2.45) is 0 Å². The molecule has 0 fully saturated rings. The Bertz CT molecular complexity index is 584. The Balaban J connectivity index is 2.51. The summed E-state index contributed by atoms with van der Waals surface area (Å²) >= 11 is 0. The third-order valence-electron chi connectivity index (χ3n) is 2.33. The van der Waals surface area contributed by atoms with Crippen molar-refractivity contribution in [3.8, 4) is 0 Å². The van der Waals surface area contributed by atoms with E-state index in [1.165, 1.54) is 12.1 Å². The van der Waals surface area contributed by atoms with Crippen LogP contribution in [-0.4, -0.2) is 22.6 Å². The van der Waals surface area contributed by atoms with Crippen LogP contribution >= 0.6 is 0 Å². The van der Waals surface area contributed by atoms with Crippen molar-refractivity contribution in [3.05, 3.63) is 35.8 Å². The highest BCUT2D eigenvalue weighted by molar-refractivity contribution is 5.92. The number of halogens is 1. The minimum Gasteiger partial charge on any atom is -0.480 e. The standard InChI is InChI=1S/C12H11FN2O2/c1-7-4-11(14-6-12(16)17)9-5-8(13)2-3-10(9)15-7/h2-5H,6H2,1H3,(H,14,15)(H,16,17). The molecule has 2 aromatic rings. The molecule has 2 N–H and O–H groups in total.